The molecule has 0 aliphatic heterocycles. The first kappa shape index (κ1) is 22.1. The van der Waals surface area contributed by atoms with Crippen molar-refractivity contribution >= 4 is 11.9 Å². The molecule has 0 aromatic heterocycles. The molecule has 27 heavy (non-hydrogen) atoms. The van der Waals surface area contributed by atoms with Crippen LogP contribution in [0.3, 0.4) is 0 Å². The number of hydrogen-bond donors (Lipinski definition) is 3. The van der Waals surface area contributed by atoms with E-state index in [1.54, 1.807) is 0 Å². The quantitative estimate of drug-likeness (QED) is 0.614. The summed E-state index contributed by atoms with van der Waals surface area (Å²) in [5.74, 6) is -2.03. The number of carbonyl (C=O) groups is 2. The van der Waals surface area contributed by atoms with Crippen LogP contribution in [0.2, 0.25) is 0 Å². The van der Waals surface area contributed by atoms with Crippen molar-refractivity contribution in [2.24, 2.45) is 0 Å². The van der Waals surface area contributed by atoms with Crippen LogP contribution in [0.1, 0.15) is 37.3 Å². The van der Waals surface area contributed by atoms with Gasteiger partial charge in [-0.2, -0.15) is 0 Å². The average molecular weight is 369 g/mol. The number of nitrogens with one attached hydrogen (secondary N) is 1. The Labute approximate surface area is 160 Å². The zero-order valence-electron chi connectivity index (χ0n) is 15.7. The van der Waals surface area contributed by atoms with Crippen LogP contribution in [0.25, 0.3) is 0 Å². The minimum absolute atomic E-state index is 0.480. The zero-order chi connectivity index (χ0) is 20.1. The maximum atomic E-state index is 9.55. The van der Waals surface area contributed by atoms with Gasteiger partial charge in [0.2, 0.25) is 0 Å². The molecule has 0 bridgehead atoms. The molecule has 0 atom stereocenters. The molecule has 0 spiro atoms. The van der Waals surface area contributed by atoms with Gasteiger partial charge >= 0.3 is 11.9 Å². The van der Waals surface area contributed by atoms with E-state index in [0.717, 1.165) is 13.0 Å². The highest BCUT2D eigenvalue weighted by Gasteiger charge is 2.13. The molecular formula is C22H27NO4. The Balaban J connectivity index is 0.000000387. The van der Waals surface area contributed by atoms with Crippen molar-refractivity contribution in [1.82, 2.24) is 5.32 Å². The summed E-state index contributed by atoms with van der Waals surface area (Å²) in [6.07, 6.45) is 2.25. The van der Waals surface area contributed by atoms with Crippen LogP contribution in [0.15, 0.2) is 72.8 Å². The zero-order valence-corrected chi connectivity index (χ0v) is 15.7. The van der Waals surface area contributed by atoms with Crippen LogP contribution in [0.5, 0.6) is 0 Å². The lowest BCUT2D eigenvalue weighted by Gasteiger charge is -2.19. The second kappa shape index (κ2) is 12.4. The third-order valence-electron chi connectivity index (χ3n) is 3.76. The molecule has 2 rings (SSSR count). The van der Waals surface area contributed by atoms with Gasteiger partial charge in [-0.3, -0.25) is 0 Å². The summed E-state index contributed by atoms with van der Waals surface area (Å²) < 4.78 is 0. The number of rotatable bonds is 8. The topological polar surface area (TPSA) is 86.6 Å². The summed E-state index contributed by atoms with van der Waals surface area (Å²) in [5.41, 5.74) is 2.80. The van der Waals surface area contributed by atoms with E-state index < -0.39 is 11.9 Å². The van der Waals surface area contributed by atoms with Crippen LogP contribution >= 0.6 is 0 Å². The number of carboxylic acid groups (broad SMARTS) is 2. The highest BCUT2D eigenvalue weighted by molar-refractivity contribution is 5.89. The van der Waals surface area contributed by atoms with E-state index in [4.69, 9.17) is 10.2 Å². The normalized spacial score (nSPS) is 10.7. The molecule has 2 aromatic rings. The van der Waals surface area contributed by atoms with Gasteiger partial charge in [-0.05, 0) is 24.1 Å². The average Bonchev–Trinajstić information content (AvgIpc) is 2.65. The second-order valence-corrected chi connectivity index (χ2v) is 6.28. The van der Waals surface area contributed by atoms with Crippen molar-refractivity contribution in [2.75, 3.05) is 6.54 Å². The van der Waals surface area contributed by atoms with Crippen molar-refractivity contribution in [3.63, 3.8) is 0 Å². The SMILES string of the molecule is CC(C)NCCC(c1ccccc1)c1ccccc1.O=C(O)/C=C/C(=O)O. The van der Waals surface area contributed by atoms with E-state index in [-0.39, 0.29) is 0 Å². The van der Waals surface area contributed by atoms with Gasteiger partial charge in [0.15, 0.2) is 0 Å². The molecule has 0 heterocycles. The molecule has 0 aliphatic rings. The first-order valence-electron chi connectivity index (χ1n) is 8.87. The lowest BCUT2D eigenvalue weighted by atomic mass is 9.88. The minimum atomic E-state index is -1.26. The van der Waals surface area contributed by atoms with Gasteiger partial charge in [-0.15, -0.1) is 0 Å². The Morgan fingerprint density at radius 1 is 0.852 bits per heavy atom. The van der Waals surface area contributed by atoms with Crippen LogP contribution in [-0.2, 0) is 9.59 Å². The highest BCUT2D eigenvalue weighted by Crippen LogP contribution is 2.27. The summed E-state index contributed by atoms with van der Waals surface area (Å²) in [5, 5.41) is 19.1. The number of aliphatic carboxylic acids is 2. The van der Waals surface area contributed by atoms with Crippen molar-refractivity contribution < 1.29 is 19.8 Å². The van der Waals surface area contributed by atoms with Gasteiger partial charge in [-0.1, -0.05) is 74.5 Å². The summed E-state index contributed by atoms with van der Waals surface area (Å²) in [6, 6.07) is 22.1. The third-order valence-corrected chi connectivity index (χ3v) is 3.76. The number of carboxylic acids is 2. The van der Waals surface area contributed by atoms with Gasteiger partial charge in [0, 0.05) is 24.1 Å². The van der Waals surface area contributed by atoms with Gasteiger partial charge < -0.3 is 15.5 Å². The largest absolute Gasteiger partial charge is 0.478 e. The van der Waals surface area contributed by atoms with Gasteiger partial charge in [0.1, 0.15) is 0 Å². The van der Waals surface area contributed by atoms with Gasteiger partial charge in [-0.25, -0.2) is 9.59 Å². The maximum absolute atomic E-state index is 9.55. The predicted molar refractivity (Wildman–Crippen MR) is 107 cm³/mol. The van der Waals surface area contributed by atoms with Crippen molar-refractivity contribution in [2.45, 2.75) is 32.2 Å². The van der Waals surface area contributed by atoms with E-state index in [1.165, 1.54) is 11.1 Å². The molecule has 144 valence electrons. The molecule has 0 unspecified atom stereocenters. The first-order chi connectivity index (χ1) is 12.9. The summed E-state index contributed by atoms with van der Waals surface area (Å²) in [6.45, 7) is 5.44. The summed E-state index contributed by atoms with van der Waals surface area (Å²) >= 11 is 0. The molecule has 0 saturated heterocycles. The van der Waals surface area contributed by atoms with Crippen molar-refractivity contribution in [1.29, 1.82) is 0 Å². The standard InChI is InChI=1S/C18H23N.C4H4O4/c1-15(2)19-14-13-18(16-9-5-3-6-10-16)17-11-7-4-8-12-17;5-3(6)1-2-4(7)8/h3-12,15,18-19H,13-14H2,1-2H3;1-2H,(H,5,6)(H,7,8)/b;2-1+. The number of hydrogen-bond acceptors (Lipinski definition) is 3. The van der Waals surface area contributed by atoms with E-state index in [1.807, 2.05) is 0 Å². The van der Waals surface area contributed by atoms with E-state index in [0.29, 0.717) is 24.1 Å². The van der Waals surface area contributed by atoms with Gasteiger partial charge in [0.05, 0.1) is 0 Å². The maximum Gasteiger partial charge on any atom is 0.328 e. The summed E-state index contributed by atoms with van der Waals surface area (Å²) in [7, 11) is 0. The van der Waals surface area contributed by atoms with Crippen LogP contribution in [0, 0.1) is 0 Å². The Bertz CT molecular complexity index is 656. The van der Waals surface area contributed by atoms with Crippen LogP contribution in [-0.4, -0.2) is 34.7 Å². The lowest BCUT2D eigenvalue weighted by Crippen LogP contribution is -2.25. The monoisotopic (exact) mass is 369 g/mol. The highest BCUT2D eigenvalue weighted by atomic mass is 16.4. The molecular weight excluding hydrogens is 342 g/mol. The van der Waals surface area contributed by atoms with Crippen molar-refractivity contribution in [3.8, 4) is 0 Å². The molecule has 0 radical (unpaired) electrons. The Morgan fingerprint density at radius 2 is 1.26 bits per heavy atom. The predicted octanol–water partition coefficient (Wildman–Crippen LogP) is 3.92. The van der Waals surface area contributed by atoms with E-state index in [2.05, 4.69) is 79.8 Å². The molecule has 0 fully saturated rings. The fraction of sp³-hybridized carbons (Fsp3) is 0.273. The Hall–Kier alpha value is -2.92. The fourth-order valence-electron chi connectivity index (χ4n) is 2.56. The molecule has 0 saturated carbocycles. The Morgan fingerprint density at radius 3 is 1.59 bits per heavy atom. The molecule has 0 amide bonds. The molecule has 5 heteroatoms. The fourth-order valence-corrected chi connectivity index (χ4v) is 2.56. The van der Waals surface area contributed by atoms with Crippen LogP contribution in [0.4, 0.5) is 0 Å². The summed E-state index contributed by atoms with van der Waals surface area (Å²) in [4.78, 5) is 19.1. The minimum Gasteiger partial charge on any atom is -0.478 e. The first-order valence-corrected chi connectivity index (χ1v) is 8.87. The van der Waals surface area contributed by atoms with Crippen molar-refractivity contribution in [3.05, 3.63) is 83.9 Å². The third kappa shape index (κ3) is 9.97. The lowest BCUT2D eigenvalue weighted by molar-refractivity contribution is -0.134. The van der Waals surface area contributed by atoms with Gasteiger partial charge in [0.25, 0.3) is 0 Å². The smallest absolute Gasteiger partial charge is 0.328 e. The van der Waals surface area contributed by atoms with E-state index in [9.17, 15) is 9.59 Å². The molecule has 0 aliphatic carbocycles. The Kier molecular flexibility index (Phi) is 10.2. The molecule has 3 N–H and O–H groups in total. The number of benzene rings is 2. The van der Waals surface area contributed by atoms with E-state index >= 15 is 0 Å². The molecule has 5 nitrogen and oxygen atoms in total. The second-order valence-electron chi connectivity index (χ2n) is 6.28. The van der Waals surface area contributed by atoms with Crippen LogP contribution < -0.4 is 5.32 Å². The molecule has 2 aromatic carbocycles.